The largest absolute Gasteiger partial charge is 0.488 e. The highest BCUT2D eigenvalue weighted by atomic mass is 16.5. The Morgan fingerprint density at radius 1 is 1.13 bits per heavy atom. The van der Waals surface area contributed by atoms with Crippen molar-refractivity contribution in [2.75, 3.05) is 24.5 Å². The van der Waals surface area contributed by atoms with Gasteiger partial charge in [-0.1, -0.05) is 6.07 Å². The third-order valence-corrected chi connectivity index (χ3v) is 6.16. The molecule has 3 heterocycles. The van der Waals surface area contributed by atoms with Crippen molar-refractivity contribution < 1.29 is 9.53 Å². The molecule has 5 rings (SSSR count). The smallest absolute Gasteiger partial charge is 0.242 e. The molecule has 30 heavy (non-hydrogen) atoms. The van der Waals surface area contributed by atoms with Crippen LogP contribution in [0.3, 0.4) is 0 Å². The molecular weight excluding hydrogens is 378 g/mol. The molecule has 3 aliphatic rings. The molecule has 1 aromatic carbocycles. The Bertz CT molecular complexity index is 1030. The van der Waals surface area contributed by atoms with E-state index in [1.165, 1.54) is 5.56 Å². The number of piperazine rings is 1. The van der Waals surface area contributed by atoms with Crippen molar-refractivity contribution in [2.24, 2.45) is 4.99 Å². The van der Waals surface area contributed by atoms with Crippen molar-refractivity contribution in [1.82, 2.24) is 14.9 Å². The van der Waals surface area contributed by atoms with Gasteiger partial charge in [0.15, 0.2) is 0 Å². The van der Waals surface area contributed by atoms with Crippen molar-refractivity contribution in [3.63, 3.8) is 0 Å². The fourth-order valence-electron chi connectivity index (χ4n) is 4.09. The van der Waals surface area contributed by atoms with Crippen molar-refractivity contribution >= 4 is 17.4 Å². The average molecular weight is 406 g/mol. The van der Waals surface area contributed by atoms with Crippen LogP contribution in [-0.4, -0.2) is 57.8 Å². The van der Waals surface area contributed by atoms with Crippen LogP contribution in [0, 0.1) is 0 Å². The number of rotatable bonds is 5. The summed E-state index contributed by atoms with van der Waals surface area (Å²) in [6, 6.07) is 8.38. The van der Waals surface area contributed by atoms with Gasteiger partial charge in [0.1, 0.15) is 23.5 Å². The number of anilines is 1. The zero-order valence-electron chi connectivity index (χ0n) is 17.8. The Morgan fingerprint density at radius 3 is 2.70 bits per heavy atom. The minimum Gasteiger partial charge on any atom is -0.488 e. The van der Waals surface area contributed by atoms with Crippen LogP contribution in [0.25, 0.3) is 0 Å². The number of nitrogens with zero attached hydrogens (tertiary/aromatic N) is 5. The third-order valence-electron chi connectivity index (χ3n) is 6.16. The molecule has 1 saturated carbocycles. The molecule has 0 bridgehead atoms. The summed E-state index contributed by atoms with van der Waals surface area (Å²) in [5.74, 6) is 1.79. The number of carbonyl (C=O) groups excluding carboxylic acids is 1. The van der Waals surface area contributed by atoms with Crippen molar-refractivity contribution in [3.05, 3.63) is 47.4 Å². The first kappa shape index (κ1) is 19.0. The maximum absolute atomic E-state index is 12.5. The minimum absolute atomic E-state index is 0.0170. The van der Waals surface area contributed by atoms with Gasteiger partial charge in [-0.25, -0.2) is 9.97 Å². The molecule has 1 amide bonds. The van der Waals surface area contributed by atoms with E-state index in [0.29, 0.717) is 19.6 Å². The van der Waals surface area contributed by atoms with E-state index < -0.39 is 0 Å². The molecule has 7 nitrogen and oxygen atoms in total. The van der Waals surface area contributed by atoms with E-state index >= 15 is 0 Å². The quantitative estimate of drug-likeness (QED) is 0.765. The molecule has 0 spiro atoms. The molecule has 7 heteroatoms. The van der Waals surface area contributed by atoms with Crippen LogP contribution in [0.15, 0.2) is 35.6 Å². The maximum Gasteiger partial charge on any atom is 0.242 e. The Labute approximate surface area is 176 Å². The molecule has 2 fully saturated rings. The van der Waals surface area contributed by atoms with Crippen LogP contribution < -0.4 is 9.64 Å². The highest BCUT2D eigenvalue weighted by molar-refractivity contribution is 6.14. The van der Waals surface area contributed by atoms with Crippen molar-refractivity contribution in [3.8, 4) is 5.75 Å². The molecule has 1 saturated heterocycles. The van der Waals surface area contributed by atoms with Gasteiger partial charge in [-0.2, -0.15) is 0 Å². The monoisotopic (exact) mass is 405 g/mol. The summed E-state index contributed by atoms with van der Waals surface area (Å²) >= 11 is 0. The van der Waals surface area contributed by atoms with Crippen LogP contribution in [0.5, 0.6) is 5.75 Å². The number of ether oxygens (including phenoxy) is 1. The van der Waals surface area contributed by atoms with E-state index in [4.69, 9.17) is 9.73 Å². The summed E-state index contributed by atoms with van der Waals surface area (Å²) in [7, 11) is 0. The summed E-state index contributed by atoms with van der Waals surface area (Å²) in [5.41, 5.74) is 3.89. The molecule has 0 atom stereocenters. The van der Waals surface area contributed by atoms with E-state index in [0.717, 1.165) is 47.9 Å². The number of fused-ring (bicyclic) bond motifs is 1. The van der Waals surface area contributed by atoms with E-state index in [2.05, 4.69) is 29.0 Å². The zero-order chi connectivity index (χ0) is 20.9. The van der Waals surface area contributed by atoms with Crippen LogP contribution in [0.1, 0.15) is 50.4 Å². The summed E-state index contributed by atoms with van der Waals surface area (Å²) in [6.07, 6.45) is 3.77. The highest BCUT2D eigenvalue weighted by Gasteiger charge is 2.40. The number of aliphatic imine (C=N–C) groups is 1. The van der Waals surface area contributed by atoms with E-state index in [1.54, 1.807) is 6.33 Å². The lowest BCUT2D eigenvalue weighted by Gasteiger charge is -2.37. The lowest BCUT2D eigenvalue weighted by atomic mass is 10.0. The lowest BCUT2D eigenvalue weighted by molar-refractivity contribution is -0.132. The number of aromatic nitrogens is 2. The van der Waals surface area contributed by atoms with Crippen LogP contribution >= 0.6 is 0 Å². The summed E-state index contributed by atoms with van der Waals surface area (Å²) in [4.78, 5) is 30.1. The number of hydrogen-bond donors (Lipinski definition) is 0. The van der Waals surface area contributed by atoms with Gasteiger partial charge < -0.3 is 14.5 Å². The highest BCUT2D eigenvalue weighted by Crippen LogP contribution is 2.40. The van der Waals surface area contributed by atoms with Crippen molar-refractivity contribution in [2.45, 2.75) is 51.8 Å². The molecule has 0 unspecified atom stereocenters. The fraction of sp³-hybridized carbons (Fsp3) is 0.478. The molecular formula is C23H27N5O2. The predicted molar refractivity (Wildman–Crippen MR) is 115 cm³/mol. The Balaban J connectivity index is 1.38. The second kappa shape index (κ2) is 7.07. The summed E-state index contributed by atoms with van der Waals surface area (Å²) in [6.45, 7) is 8.70. The molecule has 0 N–H and O–H groups in total. The fourth-order valence-corrected chi connectivity index (χ4v) is 4.09. The predicted octanol–water partition coefficient (Wildman–Crippen LogP) is 2.82. The third kappa shape index (κ3) is 3.53. The van der Waals surface area contributed by atoms with Gasteiger partial charge in [-0.3, -0.25) is 9.79 Å². The van der Waals surface area contributed by atoms with E-state index in [1.807, 2.05) is 35.8 Å². The van der Waals surface area contributed by atoms with Gasteiger partial charge in [0, 0.05) is 30.8 Å². The molecule has 1 aromatic heterocycles. The lowest BCUT2D eigenvalue weighted by Crippen LogP contribution is -2.53. The number of benzene rings is 1. The average Bonchev–Trinajstić information content (AvgIpc) is 3.30. The molecule has 2 aromatic rings. The second-order valence-electron chi connectivity index (χ2n) is 8.90. The first-order valence-electron chi connectivity index (χ1n) is 10.7. The number of hydrogen-bond acceptors (Lipinski definition) is 6. The first-order valence-corrected chi connectivity index (χ1v) is 10.7. The van der Waals surface area contributed by atoms with Gasteiger partial charge >= 0.3 is 0 Å². The zero-order valence-corrected chi connectivity index (χ0v) is 17.8. The minimum atomic E-state index is -0.0170. The standard InChI is InChI=1S/C23H27N5O2/c1-15(2)28-9-8-27(13-21(28)29)20-11-19(25-14-26-20)22-18-10-17(30-23(3)6-7-23)5-4-16(18)12-24-22/h4-5,10-11,14-15H,6-9,12-13H2,1-3H3. The molecule has 156 valence electrons. The SMILES string of the molecule is CC(C)N1CCN(c2cc(C3=NCc4ccc(OC5(C)CC5)cc43)ncn2)CC1=O. The van der Waals surface area contributed by atoms with Crippen LogP contribution in [0.2, 0.25) is 0 Å². The number of amides is 1. The maximum atomic E-state index is 12.5. The Kier molecular flexibility index (Phi) is 4.49. The number of carbonyl (C=O) groups is 1. The first-order chi connectivity index (χ1) is 14.4. The molecule has 1 aliphatic carbocycles. The van der Waals surface area contributed by atoms with Gasteiger partial charge in [0.2, 0.25) is 5.91 Å². The topological polar surface area (TPSA) is 70.9 Å². The summed E-state index contributed by atoms with van der Waals surface area (Å²) in [5, 5.41) is 0. The molecule has 0 radical (unpaired) electrons. The van der Waals surface area contributed by atoms with Crippen LogP contribution in [0.4, 0.5) is 5.82 Å². The normalized spacial score (nSPS) is 19.7. The van der Waals surface area contributed by atoms with Gasteiger partial charge in [0.25, 0.3) is 0 Å². The van der Waals surface area contributed by atoms with Crippen LogP contribution in [-0.2, 0) is 11.3 Å². The Hall–Kier alpha value is -2.96. The van der Waals surface area contributed by atoms with E-state index in [9.17, 15) is 4.79 Å². The van der Waals surface area contributed by atoms with E-state index in [-0.39, 0.29) is 17.6 Å². The van der Waals surface area contributed by atoms with Gasteiger partial charge in [0.05, 0.1) is 24.5 Å². The van der Waals surface area contributed by atoms with Gasteiger partial charge in [-0.15, -0.1) is 0 Å². The van der Waals surface area contributed by atoms with Crippen molar-refractivity contribution in [1.29, 1.82) is 0 Å². The van der Waals surface area contributed by atoms with Gasteiger partial charge in [-0.05, 0) is 51.3 Å². The summed E-state index contributed by atoms with van der Waals surface area (Å²) < 4.78 is 6.14. The molecule has 2 aliphatic heterocycles. The second-order valence-corrected chi connectivity index (χ2v) is 8.90. The Morgan fingerprint density at radius 2 is 1.97 bits per heavy atom.